The van der Waals surface area contributed by atoms with Crippen molar-refractivity contribution < 1.29 is 17.7 Å². The van der Waals surface area contributed by atoms with E-state index in [1.54, 1.807) is 4.90 Å². The second kappa shape index (κ2) is 9.26. The Bertz CT molecular complexity index is 943. The second-order valence-corrected chi connectivity index (χ2v) is 10.6. The lowest BCUT2D eigenvalue weighted by atomic mass is 9.96. The van der Waals surface area contributed by atoms with Crippen LogP contribution >= 0.6 is 0 Å². The molecule has 3 rings (SSSR count). The first-order valence-electron chi connectivity index (χ1n) is 10.3. The summed E-state index contributed by atoms with van der Waals surface area (Å²) in [5.41, 5.74) is 0.601. The molecule has 2 heterocycles. The van der Waals surface area contributed by atoms with E-state index in [0.717, 1.165) is 5.56 Å². The van der Waals surface area contributed by atoms with Gasteiger partial charge in [-0.3, -0.25) is 4.79 Å². The van der Waals surface area contributed by atoms with Gasteiger partial charge in [0.25, 0.3) is 0 Å². The predicted octanol–water partition coefficient (Wildman–Crippen LogP) is 2.36. The molecule has 1 aromatic carbocycles. The molecule has 8 nitrogen and oxygen atoms in total. The molecule has 30 heavy (non-hydrogen) atoms. The van der Waals surface area contributed by atoms with Gasteiger partial charge < -0.3 is 9.42 Å². The van der Waals surface area contributed by atoms with Crippen LogP contribution in [0.2, 0.25) is 0 Å². The van der Waals surface area contributed by atoms with Gasteiger partial charge in [0, 0.05) is 44.4 Å². The summed E-state index contributed by atoms with van der Waals surface area (Å²) in [5.74, 6) is 1.23. The van der Waals surface area contributed by atoms with Gasteiger partial charge >= 0.3 is 0 Å². The summed E-state index contributed by atoms with van der Waals surface area (Å²) in [6.45, 7) is 7.56. The number of amides is 1. The van der Waals surface area contributed by atoms with E-state index in [-0.39, 0.29) is 17.1 Å². The number of sulfonamides is 1. The molecule has 1 aliphatic rings. The van der Waals surface area contributed by atoms with E-state index >= 15 is 0 Å². The summed E-state index contributed by atoms with van der Waals surface area (Å²) in [4.78, 5) is 18.6. The van der Waals surface area contributed by atoms with Crippen LogP contribution in [0.4, 0.5) is 0 Å². The van der Waals surface area contributed by atoms with Crippen molar-refractivity contribution in [3.63, 3.8) is 0 Å². The van der Waals surface area contributed by atoms with E-state index < -0.39 is 10.0 Å². The van der Waals surface area contributed by atoms with E-state index in [2.05, 4.69) is 10.1 Å². The van der Waals surface area contributed by atoms with Crippen molar-refractivity contribution in [2.45, 2.75) is 51.2 Å². The number of hydrogen-bond donors (Lipinski definition) is 0. The third-order valence-electron chi connectivity index (χ3n) is 5.10. The number of hydrogen-bond acceptors (Lipinski definition) is 6. The van der Waals surface area contributed by atoms with E-state index in [1.165, 1.54) is 4.31 Å². The van der Waals surface area contributed by atoms with Gasteiger partial charge in [-0.1, -0.05) is 56.3 Å². The van der Waals surface area contributed by atoms with E-state index in [4.69, 9.17) is 4.52 Å². The zero-order chi connectivity index (χ0) is 21.8. The molecular formula is C21H30N4O4S. The van der Waals surface area contributed by atoms with Crippen LogP contribution in [0.3, 0.4) is 0 Å². The minimum atomic E-state index is -3.38. The molecule has 0 N–H and O–H groups in total. The van der Waals surface area contributed by atoms with E-state index in [1.807, 2.05) is 51.1 Å². The number of piperazine rings is 1. The third-order valence-corrected chi connectivity index (χ3v) is 6.95. The second-order valence-electron chi connectivity index (χ2n) is 8.64. The maximum absolute atomic E-state index is 12.6. The maximum atomic E-state index is 12.6. The van der Waals surface area contributed by atoms with Crippen molar-refractivity contribution in [3.8, 4) is 0 Å². The first-order valence-corrected chi connectivity index (χ1v) is 11.9. The average molecular weight is 435 g/mol. The van der Waals surface area contributed by atoms with Crippen molar-refractivity contribution in [3.05, 3.63) is 47.6 Å². The van der Waals surface area contributed by atoms with Crippen molar-refractivity contribution in [1.29, 1.82) is 0 Å². The normalized spacial score (nSPS) is 16.0. The maximum Gasteiger partial charge on any atom is 0.226 e. The predicted molar refractivity (Wildman–Crippen MR) is 113 cm³/mol. The number of rotatable bonds is 7. The molecule has 0 unspecified atom stereocenters. The largest absolute Gasteiger partial charge is 0.340 e. The summed E-state index contributed by atoms with van der Waals surface area (Å²) in [5, 5.41) is 3.99. The summed E-state index contributed by atoms with van der Waals surface area (Å²) in [6.07, 6.45) is 1.56. The van der Waals surface area contributed by atoms with Gasteiger partial charge in [-0.2, -0.15) is 9.29 Å². The van der Waals surface area contributed by atoms with Crippen LogP contribution in [0, 0.1) is 0 Å². The SMILES string of the molecule is CC(C)(C)c1noc(CCCC(=O)N2CCN(S(=O)(=O)Cc3ccccc3)CC2)n1. The highest BCUT2D eigenvalue weighted by atomic mass is 32.2. The fraction of sp³-hybridized carbons (Fsp3) is 0.571. The topological polar surface area (TPSA) is 96.6 Å². The molecule has 164 valence electrons. The lowest BCUT2D eigenvalue weighted by Gasteiger charge is -2.34. The Labute approximate surface area is 178 Å². The van der Waals surface area contributed by atoms with Gasteiger partial charge in [0.05, 0.1) is 5.75 Å². The first kappa shape index (κ1) is 22.4. The summed E-state index contributed by atoms with van der Waals surface area (Å²) < 4.78 is 32.0. The highest BCUT2D eigenvalue weighted by Crippen LogP contribution is 2.19. The first-order chi connectivity index (χ1) is 14.1. The summed E-state index contributed by atoms with van der Waals surface area (Å²) in [6, 6.07) is 9.15. The molecule has 1 aliphatic heterocycles. The monoisotopic (exact) mass is 434 g/mol. The molecule has 1 amide bonds. The van der Waals surface area contributed by atoms with Crippen molar-refractivity contribution >= 4 is 15.9 Å². The summed E-state index contributed by atoms with van der Waals surface area (Å²) in [7, 11) is -3.38. The minimum absolute atomic E-state index is 0.0114. The fourth-order valence-electron chi connectivity index (χ4n) is 3.30. The molecule has 2 aromatic rings. The van der Waals surface area contributed by atoms with Crippen LogP contribution in [0.1, 0.15) is 50.9 Å². The van der Waals surface area contributed by atoms with Crippen LogP contribution in [-0.2, 0) is 32.4 Å². The van der Waals surface area contributed by atoms with E-state index in [0.29, 0.717) is 57.2 Å². The number of aromatic nitrogens is 2. The fourth-order valence-corrected chi connectivity index (χ4v) is 4.82. The van der Waals surface area contributed by atoms with Crippen LogP contribution in [0.25, 0.3) is 0 Å². The number of carbonyl (C=O) groups excluding carboxylic acids is 1. The lowest BCUT2D eigenvalue weighted by Crippen LogP contribution is -2.50. The molecule has 1 fully saturated rings. The molecule has 0 radical (unpaired) electrons. The van der Waals surface area contributed by atoms with Gasteiger partial charge in [-0.25, -0.2) is 8.42 Å². The Hall–Kier alpha value is -2.26. The van der Waals surface area contributed by atoms with Crippen molar-refractivity contribution in [1.82, 2.24) is 19.3 Å². The highest BCUT2D eigenvalue weighted by Gasteiger charge is 2.29. The van der Waals surface area contributed by atoms with Gasteiger partial charge in [0.1, 0.15) is 0 Å². The Morgan fingerprint density at radius 1 is 1.10 bits per heavy atom. The van der Waals surface area contributed by atoms with Gasteiger partial charge in [0.15, 0.2) is 5.82 Å². The van der Waals surface area contributed by atoms with Gasteiger partial charge in [-0.05, 0) is 12.0 Å². The van der Waals surface area contributed by atoms with Crippen LogP contribution in [0.15, 0.2) is 34.9 Å². The third kappa shape index (κ3) is 5.89. The number of aryl methyl sites for hydroxylation is 1. The van der Waals surface area contributed by atoms with Crippen LogP contribution in [-0.4, -0.2) is 59.8 Å². The van der Waals surface area contributed by atoms with Gasteiger partial charge in [-0.15, -0.1) is 0 Å². The summed E-state index contributed by atoms with van der Waals surface area (Å²) >= 11 is 0. The average Bonchev–Trinajstić information content (AvgIpc) is 3.18. The van der Waals surface area contributed by atoms with Crippen LogP contribution < -0.4 is 0 Å². The standard InChI is InChI=1S/C21H30N4O4S/c1-21(2,3)20-22-18(29-23-20)10-7-11-19(26)24-12-14-25(15-13-24)30(27,28)16-17-8-5-4-6-9-17/h4-6,8-9H,7,10-16H2,1-3H3. The molecule has 0 saturated carbocycles. The molecule has 0 spiro atoms. The molecule has 0 aliphatic carbocycles. The molecule has 9 heteroatoms. The van der Waals surface area contributed by atoms with Gasteiger partial charge in [0.2, 0.25) is 21.8 Å². The van der Waals surface area contributed by atoms with Crippen molar-refractivity contribution in [2.24, 2.45) is 0 Å². The Kier molecular flexibility index (Phi) is 6.92. The Morgan fingerprint density at radius 3 is 2.37 bits per heavy atom. The molecule has 0 atom stereocenters. The zero-order valence-corrected chi connectivity index (χ0v) is 18.7. The zero-order valence-electron chi connectivity index (χ0n) is 17.9. The number of nitrogens with zero attached hydrogens (tertiary/aromatic N) is 4. The molecular weight excluding hydrogens is 404 g/mol. The molecule has 1 saturated heterocycles. The quantitative estimate of drug-likeness (QED) is 0.664. The smallest absolute Gasteiger partial charge is 0.226 e. The Balaban J connectivity index is 1.43. The van der Waals surface area contributed by atoms with Crippen molar-refractivity contribution in [2.75, 3.05) is 26.2 Å². The number of carbonyl (C=O) groups is 1. The number of benzene rings is 1. The Morgan fingerprint density at radius 2 is 1.77 bits per heavy atom. The molecule has 1 aromatic heterocycles. The minimum Gasteiger partial charge on any atom is -0.340 e. The highest BCUT2D eigenvalue weighted by molar-refractivity contribution is 7.88. The molecule has 0 bridgehead atoms. The van der Waals surface area contributed by atoms with E-state index in [9.17, 15) is 13.2 Å². The van der Waals surface area contributed by atoms with Crippen LogP contribution in [0.5, 0.6) is 0 Å². The lowest BCUT2D eigenvalue weighted by molar-refractivity contribution is -0.132.